The maximum absolute atomic E-state index is 11.8. The molecule has 6 nitrogen and oxygen atoms in total. The van der Waals surface area contributed by atoms with Crippen LogP contribution in [0, 0.1) is 0 Å². The monoisotopic (exact) mass is 296 g/mol. The molecule has 0 unspecified atom stereocenters. The summed E-state index contributed by atoms with van der Waals surface area (Å²) in [5.41, 5.74) is 0.0877. The van der Waals surface area contributed by atoms with Crippen molar-refractivity contribution in [3.8, 4) is 5.75 Å². The number of carbonyl (C=O) groups excluding carboxylic acids is 1. The molecule has 6 heteroatoms. The molecule has 21 heavy (non-hydrogen) atoms. The van der Waals surface area contributed by atoms with Gasteiger partial charge < -0.3 is 14.7 Å². The fourth-order valence-corrected chi connectivity index (χ4v) is 1.86. The normalized spacial score (nSPS) is 12.1. The number of phenolic OH excluding ortho intramolecular Hbond substituents is 1. The second-order valence-corrected chi connectivity index (χ2v) is 6.55. The molecule has 0 spiro atoms. The number of anilines is 1. The number of hydrogen-bond acceptors (Lipinski definition) is 5. The van der Waals surface area contributed by atoms with Gasteiger partial charge in [0.25, 0.3) is 0 Å². The van der Waals surface area contributed by atoms with E-state index in [0.717, 1.165) is 0 Å². The lowest BCUT2D eigenvalue weighted by Gasteiger charge is -2.25. The number of nitrogens with two attached hydrogens (primary N) is 1. The minimum Gasteiger partial charge on any atom is -0.508 e. The Morgan fingerprint density at radius 1 is 1.29 bits per heavy atom. The summed E-state index contributed by atoms with van der Waals surface area (Å²) in [4.78, 5) is 16.4. The van der Waals surface area contributed by atoms with Crippen LogP contribution < -0.4 is 11.2 Å². The molecule has 0 saturated carbocycles. The molecule has 0 atom stereocenters. The van der Waals surface area contributed by atoms with E-state index in [1.54, 1.807) is 32.9 Å². The van der Waals surface area contributed by atoms with Crippen LogP contribution in [0.1, 0.15) is 40.2 Å². The Labute approximate surface area is 125 Å². The van der Waals surface area contributed by atoms with Crippen LogP contribution >= 0.6 is 0 Å². The first kappa shape index (κ1) is 17.3. The summed E-state index contributed by atoms with van der Waals surface area (Å²) in [5.74, 6) is 5.24. The van der Waals surface area contributed by atoms with E-state index in [2.05, 4.69) is 10.2 Å². The standard InChI is InChI=1S/C15H24N2O4/c1-14(2,3)21-13(19)17-10-6-7-12(18)11(8-10)15(4,5)9-20-16/h6-8,18H,9,16H2,1-5H3,(H,17,19). The van der Waals surface area contributed by atoms with Crippen molar-refractivity contribution in [3.63, 3.8) is 0 Å². The average molecular weight is 296 g/mol. The molecule has 0 heterocycles. The molecule has 1 rings (SSSR count). The van der Waals surface area contributed by atoms with Crippen molar-refractivity contribution < 1.29 is 19.5 Å². The molecule has 0 saturated heterocycles. The van der Waals surface area contributed by atoms with E-state index in [1.165, 1.54) is 6.07 Å². The highest BCUT2D eigenvalue weighted by Crippen LogP contribution is 2.33. The largest absolute Gasteiger partial charge is 0.508 e. The lowest BCUT2D eigenvalue weighted by Crippen LogP contribution is -2.28. The van der Waals surface area contributed by atoms with Crippen molar-refractivity contribution in [2.75, 3.05) is 11.9 Å². The number of phenols is 1. The van der Waals surface area contributed by atoms with Crippen LogP contribution in [-0.2, 0) is 15.0 Å². The number of amides is 1. The van der Waals surface area contributed by atoms with E-state index in [-0.39, 0.29) is 12.4 Å². The number of benzene rings is 1. The lowest BCUT2D eigenvalue weighted by molar-refractivity contribution is 0.0636. The van der Waals surface area contributed by atoms with Crippen molar-refractivity contribution in [2.45, 2.75) is 45.6 Å². The third-order valence-electron chi connectivity index (χ3n) is 2.82. The van der Waals surface area contributed by atoms with Crippen molar-refractivity contribution >= 4 is 11.8 Å². The Bertz CT molecular complexity index is 507. The number of aromatic hydroxyl groups is 1. The number of rotatable bonds is 4. The average Bonchev–Trinajstić information content (AvgIpc) is 2.28. The van der Waals surface area contributed by atoms with Crippen molar-refractivity contribution in [2.24, 2.45) is 5.90 Å². The van der Waals surface area contributed by atoms with Gasteiger partial charge in [-0.15, -0.1) is 0 Å². The minimum absolute atomic E-state index is 0.117. The molecule has 4 N–H and O–H groups in total. The highest BCUT2D eigenvalue weighted by molar-refractivity contribution is 5.85. The van der Waals surface area contributed by atoms with Gasteiger partial charge in [0, 0.05) is 16.7 Å². The van der Waals surface area contributed by atoms with Gasteiger partial charge in [-0.25, -0.2) is 10.7 Å². The van der Waals surface area contributed by atoms with Crippen LogP contribution in [0.4, 0.5) is 10.5 Å². The van der Waals surface area contributed by atoms with Crippen LogP contribution in [0.5, 0.6) is 5.75 Å². The van der Waals surface area contributed by atoms with Crippen LogP contribution in [0.2, 0.25) is 0 Å². The fourth-order valence-electron chi connectivity index (χ4n) is 1.86. The third-order valence-corrected chi connectivity index (χ3v) is 2.82. The summed E-state index contributed by atoms with van der Waals surface area (Å²) >= 11 is 0. The van der Waals surface area contributed by atoms with Gasteiger partial charge in [0.05, 0.1) is 6.61 Å². The van der Waals surface area contributed by atoms with Gasteiger partial charge in [-0.1, -0.05) is 13.8 Å². The van der Waals surface area contributed by atoms with Crippen LogP contribution in [0.25, 0.3) is 0 Å². The summed E-state index contributed by atoms with van der Waals surface area (Å²) in [5, 5.41) is 12.6. The molecule has 0 aliphatic carbocycles. The first-order valence-electron chi connectivity index (χ1n) is 6.70. The molecule has 0 radical (unpaired) electrons. The third kappa shape index (κ3) is 5.24. The van der Waals surface area contributed by atoms with Gasteiger partial charge in [-0.2, -0.15) is 0 Å². The van der Waals surface area contributed by atoms with Crippen molar-refractivity contribution in [3.05, 3.63) is 23.8 Å². The molecular formula is C15H24N2O4. The van der Waals surface area contributed by atoms with Crippen LogP contribution in [-0.4, -0.2) is 23.4 Å². The molecule has 0 aliphatic rings. The highest BCUT2D eigenvalue weighted by atomic mass is 16.6. The summed E-state index contributed by atoms with van der Waals surface area (Å²) in [7, 11) is 0. The van der Waals surface area contributed by atoms with E-state index >= 15 is 0 Å². The predicted molar refractivity (Wildman–Crippen MR) is 81.1 cm³/mol. The van der Waals surface area contributed by atoms with E-state index < -0.39 is 17.1 Å². The Hall–Kier alpha value is -1.79. The van der Waals surface area contributed by atoms with E-state index in [1.807, 2.05) is 13.8 Å². The second-order valence-electron chi connectivity index (χ2n) is 6.55. The first-order chi connectivity index (χ1) is 9.55. The second kappa shape index (κ2) is 6.32. The van der Waals surface area contributed by atoms with E-state index in [0.29, 0.717) is 11.3 Å². The zero-order valence-electron chi connectivity index (χ0n) is 13.2. The molecular weight excluding hydrogens is 272 g/mol. The zero-order chi connectivity index (χ0) is 16.3. The number of carbonyl (C=O) groups is 1. The Morgan fingerprint density at radius 3 is 2.43 bits per heavy atom. The van der Waals surface area contributed by atoms with E-state index in [4.69, 9.17) is 10.6 Å². The minimum atomic E-state index is -0.573. The topological polar surface area (TPSA) is 93.8 Å². The van der Waals surface area contributed by atoms with Gasteiger partial charge in [0.1, 0.15) is 11.4 Å². The maximum Gasteiger partial charge on any atom is 0.412 e. The lowest BCUT2D eigenvalue weighted by atomic mass is 9.84. The molecule has 1 amide bonds. The number of hydrogen-bond donors (Lipinski definition) is 3. The number of nitrogens with one attached hydrogen (secondary N) is 1. The fraction of sp³-hybridized carbons (Fsp3) is 0.533. The van der Waals surface area contributed by atoms with Crippen LogP contribution in [0.3, 0.4) is 0 Å². The summed E-state index contributed by atoms with van der Waals surface area (Å²) in [6, 6.07) is 4.79. The predicted octanol–water partition coefficient (Wildman–Crippen LogP) is 2.91. The summed E-state index contributed by atoms with van der Waals surface area (Å²) < 4.78 is 5.19. The van der Waals surface area contributed by atoms with Crippen molar-refractivity contribution in [1.29, 1.82) is 0 Å². The van der Waals surface area contributed by atoms with E-state index in [9.17, 15) is 9.90 Å². The Balaban J connectivity index is 2.94. The van der Waals surface area contributed by atoms with Crippen LogP contribution in [0.15, 0.2) is 18.2 Å². The molecule has 1 aromatic carbocycles. The molecule has 0 aliphatic heterocycles. The first-order valence-corrected chi connectivity index (χ1v) is 6.70. The van der Waals surface area contributed by atoms with Crippen molar-refractivity contribution in [1.82, 2.24) is 0 Å². The molecule has 1 aromatic rings. The summed E-state index contributed by atoms with van der Waals surface area (Å²) in [6.07, 6.45) is -0.549. The molecule has 118 valence electrons. The van der Waals surface area contributed by atoms with Gasteiger partial charge in [0.15, 0.2) is 0 Å². The molecule has 0 aromatic heterocycles. The molecule has 0 bridgehead atoms. The quantitative estimate of drug-likeness (QED) is 0.586. The Morgan fingerprint density at radius 2 is 1.90 bits per heavy atom. The highest BCUT2D eigenvalue weighted by Gasteiger charge is 2.25. The number of ether oxygens (including phenoxy) is 1. The SMILES string of the molecule is CC(C)(C)OC(=O)Nc1ccc(O)c(C(C)(C)CON)c1. The zero-order valence-corrected chi connectivity index (χ0v) is 13.2. The molecule has 0 fully saturated rings. The Kier molecular flexibility index (Phi) is 5.20. The van der Waals surface area contributed by atoms with Gasteiger partial charge in [-0.3, -0.25) is 5.32 Å². The summed E-state index contributed by atoms with van der Waals surface area (Å²) in [6.45, 7) is 9.36. The van der Waals surface area contributed by atoms with Gasteiger partial charge in [-0.05, 0) is 39.0 Å². The van der Waals surface area contributed by atoms with Gasteiger partial charge in [0.2, 0.25) is 0 Å². The smallest absolute Gasteiger partial charge is 0.412 e. The van der Waals surface area contributed by atoms with Gasteiger partial charge >= 0.3 is 6.09 Å². The maximum atomic E-state index is 11.8.